The largest absolute Gasteiger partial charge is 0.481 e. The van der Waals surface area contributed by atoms with Crippen LogP contribution in [0.5, 0.6) is 0 Å². The predicted molar refractivity (Wildman–Crippen MR) is 63.9 cm³/mol. The summed E-state index contributed by atoms with van der Waals surface area (Å²) in [5.74, 6) is -4.68. The first-order chi connectivity index (χ1) is 8.78. The number of hydrogen-bond acceptors (Lipinski definition) is 1. The second-order valence-electron chi connectivity index (χ2n) is 5.18. The minimum atomic E-state index is -2.85. The number of halogens is 3. The first kappa shape index (κ1) is 13.9. The third-order valence-electron chi connectivity index (χ3n) is 3.95. The molecular formula is C14H15F3O2. The van der Waals surface area contributed by atoms with Crippen LogP contribution in [0.4, 0.5) is 13.2 Å². The zero-order valence-corrected chi connectivity index (χ0v) is 10.5. The third kappa shape index (κ3) is 2.33. The molecule has 2 rings (SSSR count). The van der Waals surface area contributed by atoms with Crippen LogP contribution in [0.3, 0.4) is 0 Å². The minimum absolute atomic E-state index is 0.0236. The molecular weight excluding hydrogens is 257 g/mol. The Balaban J connectivity index is 2.47. The molecule has 1 aliphatic rings. The first-order valence-electron chi connectivity index (χ1n) is 6.15. The Hall–Kier alpha value is -1.52. The maximum absolute atomic E-state index is 14.1. The van der Waals surface area contributed by atoms with Crippen molar-refractivity contribution in [2.45, 2.75) is 43.9 Å². The van der Waals surface area contributed by atoms with E-state index in [2.05, 4.69) is 0 Å². The van der Waals surface area contributed by atoms with Crippen molar-refractivity contribution in [2.24, 2.45) is 0 Å². The number of carboxylic acids is 1. The van der Waals surface area contributed by atoms with Crippen LogP contribution in [0, 0.1) is 12.7 Å². The van der Waals surface area contributed by atoms with Crippen LogP contribution in [0.15, 0.2) is 18.2 Å². The zero-order valence-electron chi connectivity index (χ0n) is 10.5. The Labute approximate surface area is 109 Å². The van der Waals surface area contributed by atoms with E-state index in [0.29, 0.717) is 5.56 Å². The van der Waals surface area contributed by atoms with Crippen LogP contribution in [0.1, 0.15) is 36.8 Å². The molecule has 0 heterocycles. The van der Waals surface area contributed by atoms with Crippen molar-refractivity contribution in [2.75, 3.05) is 0 Å². The van der Waals surface area contributed by atoms with Crippen molar-refractivity contribution in [3.05, 3.63) is 35.1 Å². The van der Waals surface area contributed by atoms with E-state index in [1.165, 1.54) is 19.1 Å². The lowest BCUT2D eigenvalue weighted by atomic mass is 9.68. The van der Waals surface area contributed by atoms with Crippen LogP contribution in [0.25, 0.3) is 0 Å². The molecule has 0 aromatic heterocycles. The van der Waals surface area contributed by atoms with Gasteiger partial charge in [-0.25, -0.2) is 13.2 Å². The summed E-state index contributed by atoms with van der Waals surface area (Å²) in [5, 5.41) is 9.42. The summed E-state index contributed by atoms with van der Waals surface area (Å²) in [6.45, 7) is 1.53. The SMILES string of the molecule is Cc1cccc(C2(C(=O)O)CCC(F)(F)CC2)c1F. The van der Waals surface area contributed by atoms with Crippen molar-refractivity contribution >= 4 is 5.97 Å². The maximum atomic E-state index is 14.1. The molecule has 19 heavy (non-hydrogen) atoms. The van der Waals surface area contributed by atoms with Gasteiger partial charge in [-0.1, -0.05) is 18.2 Å². The van der Waals surface area contributed by atoms with Crippen molar-refractivity contribution in [1.29, 1.82) is 0 Å². The fourth-order valence-corrected chi connectivity index (χ4v) is 2.66. The highest BCUT2D eigenvalue weighted by atomic mass is 19.3. The topological polar surface area (TPSA) is 37.3 Å². The second-order valence-corrected chi connectivity index (χ2v) is 5.18. The van der Waals surface area contributed by atoms with Gasteiger partial charge in [-0.2, -0.15) is 0 Å². The fraction of sp³-hybridized carbons (Fsp3) is 0.500. The maximum Gasteiger partial charge on any atom is 0.314 e. The Kier molecular flexibility index (Phi) is 3.32. The van der Waals surface area contributed by atoms with E-state index in [0.717, 1.165) is 0 Å². The van der Waals surface area contributed by atoms with Gasteiger partial charge in [0.15, 0.2) is 0 Å². The van der Waals surface area contributed by atoms with Gasteiger partial charge in [0.25, 0.3) is 0 Å². The summed E-state index contributed by atoms with van der Waals surface area (Å²) < 4.78 is 40.6. The number of aryl methyl sites for hydroxylation is 1. The normalized spacial score (nSPS) is 21.1. The van der Waals surface area contributed by atoms with E-state index in [-0.39, 0.29) is 18.4 Å². The molecule has 1 aromatic rings. The molecule has 1 saturated carbocycles. The molecule has 0 aliphatic heterocycles. The molecule has 0 amide bonds. The van der Waals surface area contributed by atoms with Gasteiger partial charge < -0.3 is 5.11 Å². The molecule has 1 aromatic carbocycles. The highest BCUT2D eigenvalue weighted by Gasteiger charge is 2.50. The van der Waals surface area contributed by atoms with Crippen molar-refractivity contribution in [1.82, 2.24) is 0 Å². The monoisotopic (exact) mass is 272 g/mol. The number of carboxylic acid groups (broad SMARTS) is 1. The van der Waals surface area contributed by atoms with E-state index in [1.54, 1.807) is 6.07 Å². The number of rotatable bonds is 2. The van der Waals surface area contributed by atoms with E-state index in [9.17, 15) is 23.1 Å². The van der Waals surface area contributed by atoms with Crippen LogP contribution in [-0.4, -0.2) is 17.0 Å². The quantitative estimate of drug-likeness (QED) is 0.892. The number of aliphatic carboxylic acids is 1. The lowest BCUT2D eigenvalue weighted by molar-refractivity contribution is -0.149. The molecule has 5 heteroatoms. The lowest BCUT2D eigenvalue weighted by Gasteiger charge is -2.37. The Morgan fingerprint density at radius 2 is 1.79 bits per heavy atom. The summed E-state index contributed by atoms with van der Waals surface area (Å²) in [6, 6.07) is 4.48. The Morgan fingerprint density at radius 3 is 2.32 bits per heavy atom. The van der Waals surface area contributed by atoms with Gasteiger partial charge in [-0.3, -0.25) is 4.79 Å². The third-order valence-corrected chi connectivity index (χ3v) is 3.95. The van der Waals surface area contributed by atoms with E-state index in [1.807, 2.05) is 0 Å². The molecule has 0 bridgehead atoms. The van der Waals surface area contributed by atoms with E-state index < -0.39 is 36.0 Å². The van der Waals surface area contributed by atoms with Crippen molar-refractivity contribution in [3.63, 3.8) is 0 Å². The van der Waals surface area contributed by atoms with Gasteiger partial charge in [0.05, 0.1) is 5.41 Å². The van der Waals surface area contributed by atoms with Gasteiger partial charge in [0.2, 0.25) is 5.92 Å². The van der Waals surface area contributed by atoms with Gasteiger partial charge in [-0.05, 0) is 25.3 Å². The lowest BCUT2D eigenvalue weighted by Crippen LogP contribution is -2.43. The molecule has 1 N–H and O–H groups in total. The summed E-state index contributed by atoms with van der Waals surface area (Å²) in [6.07, 6.45) is -1.52. The number of carbonyl (C=O) groups is 1. The number of alkyl halides is 2. The molecule has 0 radical (unpaired) electrons. The molecule has 0 saturated heterocycles. The van der Waals surface area contributed by atoms with Gasteiger partial charge in [0, 0.05) is 18.4 Å². The number of benzene rings is 1. The van der Waals surface area contributed by atoms with Crippen LogP contribution < -0.4 is 0 Å². The predicted octanol–water partition coefficient (Wildman–Crippen LogP) is 3.67. The van der Waals surface area contributed by atoms with Crippen LogP contribution >= 0.6 is 0 Å². The molecule has 0 unspecified atom stereocenters. The molecule has 104 valence electrons. The van der Waals surface area contributed by atoms with E-state index >= 15 is 0 Å². The van der Waals surface area contributed by atoms with Gasteiger partial charge >= 0.3 is 5.97 Å². The Morgan fingerprint density at radius 1 is 1.21 bits per heavy atom. The molecule has 1 fully saturated rings. The average molecular weight is 272 g/mol. The zero-order chi connectivity index (χ0) is 14.3. The van der Waals surface area contributed by atoms with Gasteiger partial charge in [0.1, 0.15) is 5.82 Å². The Bertz CT molecular complexity index is 501. The summed E-state index contributed by atoms with van der Waals surface area (Å²) >= 11 is 0. The first-order valence-corrected chi connectivity index (χ1v) is 6.15. The fourth-order valence-electron chi connectivity index (χ4n) is 2.66. The molecule has 0 spiro atoms. The smallest absolute Gasteiger partial charge is 0.314 e. The molecule has 1 aliphatic carbocycles. The van der Waals surface area contributed by atoms with Crippen LogP contribution in [0.2, 0.25) is 0 Å². The number of hydrogen-bond donors (Lipinski definition) is 1. The minimum Gasteiger partial charge on any atom is -0.481 e. The van der Waals surface area contributed by atoms with Crippen molar-refractivity contribution in [3.8, 4) is 0 Å². The molecule has 2 nitrogen and oxygen atoms in total. The van der Waals surface area contributed by atoms with Crippen molar-refractivity contribution < 1.29 is 23.1 Å². The standard InChI is InChI=1S/C14H15F3O2/c1-9-3-2-4-10(11(9)15)13(12(18)19)5-7-14(16,17)8-6-13/h2-4H,5-8H2,1H3,(H,18,19). The van der Waals surface area contributed by atoms with Gasteiger partial charge in [-0.15, -0.1) is 0 Å². The summed E-state index contributed by atoms with van der Waals surface area (Å²) in [4.78, 5) is 11.5. The highest BCUT2D eigenvalue weighted by Crippen LogP contribution is 2.46. The highest BCUT2D eigenvalue weighted by molar-refractivity contribution is 5.81. The van der Waals surface area contributed by atoms with E-state index in [4.69, 9.17) is 0 Å². The summed E-state index contributed by atoms with van der Waals surface area (Å²) in [7, 11) is 0. The summed E-state index contributed by atoms with van der Waals surface area (Å²) in [5.41, 5.74) is -1.18. The second kappa shape index (κ2) is 4.54. The molecule has 0 atom stereocenters. The average Bonchev–Trinajstić information content (AvgIpc) is 2.33. The van der Waals surface area contributed by atoms with Crippen LogP contribution in [-0.2, 0) is 10.2 Å².